The molecule has 1 heterocycles. The fraction of sp³-hybridized carbons (Fsp3) is 0.750. The predicted molar refractivity (Wildman–Crippen MR) is 126 cm³/mol. The van der Waals surface area contributed by atoms with Crippen molar-refractivity contribution in [3.8, 4) is 0 Å². The molecule has 1 amide bonds. The van der Waals surface area contributed by atoms with Crippen LogP contribution < -0.4 is 5.32 Å². The molecular formula is C24H37NO13. The van der Waals surface area contributed by atoms with Gasteiger partial charge in [-0.15, -0.1) is 0 Å². The Kier molecular flexibility index (Phi) is 12.4. The first-order chi connectivity index (χ1) is 17.5. The van der Waals surface area contributed by atoms with Gasteiger partial charge in [0.05, 0.1) is 13.2 Å². The number of hydrogen-bond acceptors (Lipinski definition) is 13. The maximum atomic E-state index is 12.4. The summed E-state index contributed by atoms with van der Waals surface area (Å²) in [6.07, 6.45) is -7.09. The lowest BCUT2D eigenvalue weighted by molar-refractivity contribution is -0.253. The Hall–Kier alpha value is -3.42. The van der Waals surface area contributed by atoms with Crippen LogP contribution in [0.25, 0.3) is 0 Å². The lowest BCUT2D eigenvalue weighted by atomic mass is 9.91. The van der Waals surface area contributed by atoms with Crippen molar-refractivity contribution in [1.29, 1.82) is 0 Å². The fourth-order valence-electron chi connectivity index (χ4n) is 3.72. The first kappa shape index (κ1) is 32.6. The van der Waals surface area contributed by atoms with Gasteiger partial charge in [0.1, 0.15) is 24.4 Å². The average molecular weight is 548 g/mol. The molecule has 0 unspecified atom stereocenters. The Morgan fingerprint density at radius 1 is 0.789 bits per heavy atom. The zero-order valence-corrected chi connectivity index (χ0v) is 22.9. The van der Waals surface area contributed by atoms with Gasteiger partial charge in [0, 0.05) is 27.7 Å². The number of methoxy groups -OCH3 is 1. The second kappa shape index (κ2) is 14.5. The number of rotatable bonds is 10. The van der Waals surface area contributed by atoms with E-state index in [9.17, 15) is 28.8 Å². The van der Waals surface area contributed by atoms with Gasteiger partial charge in [-0.1, -0.05) is 0 Å². The average Bonchev–Trinajstić information content (AvgIpc) is 2.75. The summed E-state index contributed by atoms with van der Waals surface area (Å²) in [5.41, 5.74) is -0.829. The fourth-order valence-corrected chi connectivity index (χ4v) is 3.72. The first-order valence-corrected chi connectivity index (χ1v) is 11.9. The number of carbonyl (C=O) groups excluding carboxylic acids is 6. The lowest BCUT2D eigenvalue weighted by Gasteiger charge is -2.44. The highest BCUT2D eigenvalue weighted by Crippen LogP contribution is 2.31. The summed E-state index contributed by atoms with van der Waals surface area (Å²) < 4.78 is 37.1. The van der Waals surface area contributed by atoms with Crippen LogP contribution in [0.3, 0.4) is 0 Å². The summed E-state index contributed by atoms with van der Waals surface area (Å²) in [7, 11) is 1.14. The molecule has 6 atom stereocenters. The van der Waals surface area contributed by atoms with E-state index in [1.54, 1.807) is 20.8 Å². The minimum atomic E-state index is -1.34. The van der Waals surface area contributed by atoms with Crippen molar-refractivity contribution < 1.29 is 61.9 Å². The molecule has 14 heteroatoms. The van der Waals surface area contributed by atoms with Gasteiger partial charge in [-0.3, -0.25) is 19.2 Å². The van der Waals surface area contributed by atoms with E-state index in [0.717, 1.165) is 34.8 Å². The van der Waals surface area contributed by atoms with Crippen LogP contribution in [-0.2, 0) is 57.1 Å². The molecule has 1 fully saturated rings. The van der Waals surface area contributed by atoms with E-state index >= 15 is 0 Å². The molecule has 1 aliphatic heterocycles. The number of hydrogen-bond donors (Lipinski definition) is 1. The summed E-state index contributed by atoms with van der Waals surface area (Å²) in [6.45, 7) is 9.07. The molecule has 1 rings (SSSR count). The maximum absolute atomic E-state index is 12.4. The molecule has 1 aliphatic rings. The second-order valence-electron chi connectivity index (χ2n) is 9.54. The van der Waals surface area contributed by atoms with E-state index in [0.29, 0.717) is 0 Å². The molecule has 0 aromatic rings. The number of nitrogens with one attached hydrogen (secondary N) is 1. The van der Waals surface area contributed by atoms with Gasteiger partial charge in [-0.2, -0.15) is 0 Å². The minimum absolute atomic E-state index is 0.0470. The smallest absolute Gasteiger partial charge is 0.408 e. The number of esters is 5. The lowest BCUT2D eigenvalue weighted by Crippen LogP contribution is -2.62. The van der Waals surface area contributed by atoms with Gasteiger partial charge in [-0.25, -0.2) is 9.59 Å². The number of amides is 1. The van der Waals surface area contributed by atoms with Crippen molar-refractivity contribution in [1.82, 2.24) is 5.32 Å². The Balaban J connectivity index is 3.31. The molecule has 0 aromatic carbocycles. The van der Waals surface area contributed by atoms with E-state index in [2.05, 4.69) is 5.32 Å². The van der Waals surface area contributed by atoms with Crippen molar-refractivity contribution in [2.45, 2.75) is 103 Å². The zero-order valence-electron chi connectivity index (χ0n) is 22.9. The van der Waals surface area contributed by atoms with Gasteiger partial charge in [0.15, 0.2) is 18.3 Å². The third-order valence-corrected chi connectivity index (χ3v) is 5.00. The topological polar surface area (TPSA) is 179 Å². The highest BCUT2D eigenvalue weighted by molar-refractivity contribution is 5.81. The van der Waals surface area contributed by atoms with E-state index in [1.807, 2.05) is 0 Å². The highest BCUT2D eigenvalue weighted by Gasteiger charge is 2.52. The Morgan fingerprint density at radius 3 is 1.74 bits per heavy atom. The summed E-state index contributed by atoms with van der Waals surface area (Å²) in [5, 5.41) is 2.43. The van der Waals surface area contributed by atoms with E-state index in [1.165, 1.54) is 0 Å². The normalized spacial score (nSPS) is 23.7. The summed E-state index contributed by atoms with van der Waals surface area (Å²) >= 11 is 0. The van der Waals surface area contributed by atoms with Crippen molar-refractivity contribution >= 4 is 35.9 Å². The van der Waals surface area contributed by atoms with Crippen molar-refractivity contribution in [3.05, 3.63) is 0 Å². The van der Waals surface area contributed by atoms with Gasteiger partial charge in [0.2, 0.25) is 0 Å². The number of ether oxygens (including phenoxy) is 7. The second-order valence-corrected chi connectivity index (χ2v) is 9.54. The maximum Gasteiger partial charge on any atom is 0.408 e. The van der Waals surface area contributed by atoms with Crippen molar-refractivity contribution in [2.24, 2.45) is 0 Å². The van der Waals surface area contributed by atoms with Crippen molar-refractivity contribution in [3.63, 3.8) is 0 Å². The Morgan fingerprint density at radius 2 is 1.29 bits per heavy atom. The first-order valence-electron chi connectivity index (χ1n) is 11.9. The summed E-state index contributed by atoms with van der Waals surface area (Å²) in [5.74, 6) is -3.70. The standard InChI is InChI=1S/C24H37NO13/c1-12(26)33-11-18-20(35-14(3)28)21(36-15(4)29)19(34-13(2)27)17(37-18)10-9-16(22(30)32-8)25-23(31)38-24(5,6)7/h16-21H,9-11H2,1-8H3,(H,25,31)/t16-,17-,18+,19-,20+,21+/m0/s1. The molecule has 14 nitrogen and oxygen atoms in total. The molecule has 0 bridgehead atoms. The molecule has 0 spiro atoms. The van der Waals surface area contributed by atoms with Gasteiger partial charge in [-0.05, 0) is 33.6 Å². The van der Waals surface area contributed by atoms with Gasteiger partial charge >= 0.3 is 35.9 Å². The quantitative estimate of drug-likeness (QED) is 0.302. The van der Waals surface area contributed by atoms with Crippen LogP contribution >= 0.6 is 0 Å². The monoisotopic (exact) mass is 547 g/mol. The number of carbonyl (C=O) groups is 6. The van der Waals surface area contributed by atoms with Crippen LogP contribution in [0.5, 0.6) is 0 Å². The van der Waals surface area contributed by atoms with Crippen molar-refractivity contribution in [2.75, 3.05) is 13.7 Å². The van der Waals surface area contributed by atoms with Crippen LogP contribution in [-0.4, -0.2) is 91.8 Å². The third-order valence-electron chi connectivity index (χ3n) is 5.00. The molecule has 216 valence electrons. The summed E-state index contributed by atoms with van der Waals surface area (Å²) in [6, 6.07) is -1.18. The highest BCUT2D eigenvalue weighted by atomic mass is 16.7. The van der Waals surface area contributed by atoms with E-state index < -0.39 is 78.1 Å². The summed E-state index contributed by atoms with van der Waals surface area (Å²) in [4.78, 5) is 71.8. The minimum Gasteiger partial charge on any atom is -0.467 e. The van der Waals surface area contributed by atoms with Gasteiger partial charge < -0.3 is 38.5 Å². The largest absolute Gasteiger partial charge is 0.467 e. The van der Waals surface area contributed by atoms with E-state index in [4.69, 9.17) is 33.2 Å². The van der Waals surface area contributed by atoms with Crippen LogP contribution in [0.1, 0.15) is 61.3 Å². The molecule has 1 saturated heterocycles. The molecule has 0 saturated carbocycles. The molecule has 0 aromatic heterocycles. The van der Waals surface area contributed by atoms with Crippen LogP contribution in [0.4, 0.5) is 4.79 Å². The SMILES string of the molecule is COC(=O)[C@H](CC[C@@H]1O[C@H](COC(C)=O)[C@@H](OC(C)=O)[C@H](OC(C)=O)[C@H]1OC(C)=O)NC(=O)OC(C)(C)C. The molecular weight excluding hydrogens is 510 g/mol. The van der Waals surface area contributed by atoms with Crippen LogP contribution in [0.15, 0.2) is 0 Å². The van der Waals surface area contributed by atoms with E-state index in [-0.39, 0.29) is 19.4 Å². The zero-order chi connectivity index (χ0) is 29.2. The molecule has 0 radical (unpaired) electrons. The number of alkyl carbamates (subject to hydrolysis) is 1. The molecule has 38 heavy (non-hydrogen) atoms. The Bertz CT molecular complexity index is 881. The van der Waals surface area contributed by atoms with Gasteiger partial charge in [0.25, 0.3) is 0 Å². The Labute approximate surface area is 220 Å². The molecule has 1 N–H and O–H groups in total. The molecule has 0 aliphatic carbocycles. The third kappa shape index (κ3) is 11.3. The van der Waals surface area contributed by atoms with Crippen LogP contribution in [0, 0.1) is 0 Å². The predicted octanol–water partition coefficient (Wildman–Crippen LogP) is 0.959. The van der Waals surface area contributed by atoms with Crippen LogP contribution in [0.2, 0.25) is 0 Å².